The molecule has 1 unspecified atom stereocenters. The number of hydrogen-bond acceptors (Lipinski definition) is 7. The summed E-state index contributed by atoms with van der Waals surface area (Å²) >= 11 is 0. The van der Waals surface area contributed by atoms with Crippen molar-refractivity contribution in [3.8, 4) is 17.2 Å². The highest BCUT2D eigenvalue weighted by molar-refractivity contribution is 5.93. The maximum absolute atomic E-state index is 5.65. The van der Waals surface area contributed by atoms with Gasteiger partial charge in [0, 0.05) is 43.0 Å². The van der Waals surface area contributed by atoms with Crippen molar-refractivity contribution in [3.05, 3.63) is 43.1 Å². The lowest BCUT2D eigenvalue weighted by Gasteiger charge is -2.34. The van der Waals surface area contributed by atoms with Gasteiger partial charge in [-0.2, -0.15) is 5.10 Å². The van der Waals surface area contributed by atoms with Crippen molar-refractivity contribution in [1.82, 2.24) is 39.3 Å². The molecule has 1 aliphatic heterocycles. The molecule has 6 rings (SSSR count). The highest BCUT2D eigenvalue weighted by Gasteiger charge is 2.26. The summed E-state index contributed by atoms with van der Waals surface area (Å²) in [7, 11) is 1.90. The van der Waals surface area contributed by atoms with Gasteiger partial charge in [-0.1, -0.05) is 0 Å². The first-order valence-electron chi connectivity index (χ1n) is 10.2. The highest BCUT2D eigenvalue weighted by Crippen LogP contribution is 2.32. The molecule has 1 saturated heterocycles. The van der Waals surface area contributed by atoms with Crippen LogP contribution in [0.3, 0.4) is 0 Å². The lowest BCUT2D eigenvalue weighted by atomic mass is 10.1. The first-order valence-corrected chi connectivity index (χ1v) is 10.2. The second kappa shape index (κ2) is 6.88. The van der Waals surface area contributed by atoms with Gasteiger partial charge in [0.15, 0.2) is 22.8 Å². The molecule has 10 nitrogen and oxygen atoms in total. The number of fused-ring (bicyclic) bond motifs is 2. The number of aryl methyl sites for hydroxylation is 1. The van der Waals surface area contributed by atoms with Crippen LogP contribution in [0.4, 0.5) is 5.82 Å². The number of pyridine rings is 1. The first kappa shape index (κ1) is 18.0. The van der Waals surface area contributed by atoms with Crippen molar-refractivity contribution in [2.24, 2.45) is 7.05 Å². The van der Waals surface area contributed by atoms with E-state index in [1.807, 2.05) is 36.0 Å². The van der Waals surface area contributed by atoms with E-state index in [9.17, 15) is 0 Å². The molecular weight excluding hydrogens is 394 g/mol. The number of ether oxygens (including phenoxy) is 1. The Hall–Kier alpha value is -3.79. The normalized spacial score (nSPS) is 17.1. The maximum Gasteiger partial charge on any atom is 0.171 e. The Kier molecular flexibility index (Phi) is 4.00. The van der Waals surface area contributed by atoms with Gasteiger partial charge in [0.25, 0.3) is 0 Å². The van der Waals surface area contributed by atoms with Crippen LogP contribution in [0.5, 0.6) is 0 Å². The fourth-order valence-electron chi connectivity index (χ4n) is 4.17. The number of hydrogen-bond donors (Lipinski definition) is 1. The number of morpholine rings is 1. The Morgan fingerprint density at radius 2 is 2.06 bits per heavy atom. The number of aromatic amines is 1. The van der Waals surface area contributed by atoms with E-state index in [-0.39, 0.29) is 6.04 Å². The van der Waals surface area contributed by atoms with E-state index in [0.717, 1.165) is 45.9 Å². The quantitative estimate of drug-likeness (QED) is 0.482. The molecule has 5 aromatic rings. The topological polar surface area (TPSA) is 103 Å². The fraction of sp³-hybridized carbons (Fsp3) is 0.286. The van der Waals surface area contributed by atoms with Gasteiger partial charge in [0.2, 0.25) is 0 Å². The SMILES string of the molecule is CC1COCCN1c1nc(-c2ccnc3[nH]ccc23)nc2c1ncn2-c1ccnn1C. The van der Waals surface area contributed by atoms with Crippen molar-refractivity contribution in [1.29, 1.82) is 0 Å². The van der Waals surface area contributed by atoms with Gasteiger partial charge in [-0.05, 0) is 19.1 Å². The van der Waals surface area contributed by atoms with Gasteiger partial charge in [-0.3, -0.25) is 9.25 Å². The summed E-state index contributed by atoms with van der Waals surface area (Å²) in [6.07, 6.45) is 7.20. The number of aromatic nitrogens is 8. The summed E-state index contributed by atoms with van der Waals surface area (Å²) in [5.41, 5.74) is 3.23. The molecule has 5 aromatic heterocycles. The third kappa shape index (κ3) is 2.79. The molecule has 0 saturated carbocycles. The Bertz CT molecular complexity index is 1400. The second-order valence-electron chi connectivity index (χ2n) is 7.69. The largest absolute Gasteiger partial charge is 0.377 e. The first-order chi connectivity index (χ1) is 15.2. The zero-order valence-electron chi connectivity index (χ0n) is 17.2. The molecule has 0 bridgehead atoms. The van der Waals surface area contributed by atoms with E-state index in [0.29, 0.717) is 19.0 Å². The molecule has 6 heterocycles. The summed E-state index contributed by atoms with van der Waals surface area (Å²) in [6.45, 7) is 4.20. The summed E-state index contributed by atoms with van der Waals surface area (Å²) in [4.78, 5) is 24.5. The molecule has 0 aromatic carbocycles. The molecule has 156 valence electrons. The van der Waals surface area contributed by atoms with Gasteiger partial charge in [-0.25, -0.2) is 19.9 Å². The van der Waals surface area contributed by atoms with E-state index >= 15 is 0 Å². The second-order valence-corrected chi connectivity index (χ2v) is 7.69. The van der Waals surface area contributed by atoms with Crippen LogP contribution in [0.15, 0.2) is 43.1 Å². The van der Waals surface area contributed by atoms with E-state index in [4.69, 9.17) is 19.7 Å². The Labute approximate surface area is 177 Å². The molecule has 0 aliphatic carbocycles. The van der Waals surface area contributed by atoms with Crippen LogP contribution in [0, 0.1) is 0 Å². The van der Waals surface area contributed by atoms with Crippen LogP contribution < -0.4 is 4.90 Å². The number of anilines is 1. The molecule has 0 spiro atoms. The lowest BCUT2D eigenvalue weighted by molar-refractivity contribution is 0.0987. The average molecular weight is 415 g/mol. The van der Waals surface area contributed by atoms with Crippen LogP contribution in [0.1, 0.15) is 6.92 Å². The number of nitrogens with one attached hydrogen (secondary N) is 1. The van der Waals surface area contributed by atoms with Crippen molar-refractivity contribution < 1.29 is 4.74 Å². The monoisotopic (exact) mass is 415 g/mol. The minimum Gasteiger partial charge on any atom is -0.377 e. The molecule has 1 atom stereocenters. The number of rotatable bonds is 3. The standard InChI is InChI=1S/C21H21N9O/c1-13-11-31-10-9-29(13)20-17-21(30(12-24-17)16-5-8-25-28(16)2)27-19(26-20)15-4-7-23-18-14(15)3-6-22-18/h3-8,12-13H,9-11H2,1-2H3,(H,22,23). The minimum atomic E-state index is 0.186. The van der Waals surface area contributed by atoms with E-state index in [2.05, 4.69) is 26.9 Å². The van der Waals surface area contributed by atoms with Crippen LogP contribution in [-0.2, 0) is 11.8 Å². The Morgan fingerprint density at radius 1 is 1.13 bits per heavy atom. The van der Waals surface area contributed by atoms with Crippen LogP contribution >= 0.6 is 0 Å². The number of H-pyrrole nitrogens is 1. The van der Waals surface area contributed by atoms with E-state index < -0.39 is 0 Å². The number of nitrogens with zero attached hydrogens (tertiary/aromatic N) is 8. The molecular formula is C21H21N9O. The predicted molar refractivity (Wildman–Crippen MR) is 116 cm³/mol. The van der Waals surface area contributed by atoms with Gasteiger partial charge in [-0.15, -0.1) is 0 Å². The van der Waals surface area contributed by atoms with Gasteiger partial charge in [0.05, 0.1) is 25.5 Å². The van der Waals surface area contributed by atoms with Gasteiger partial charge >= 0.3 is 0 Å². The van der Waals surface area contributed by atoms with Crippen molar-refractivity contribution in [3.63, 3.8) is 0 Å². The zero-order chi connectivity index (χ0) is 20.9. The third-order valence-electron chi connectivity index (χ3n) is 5.76. The Balaban J connectivity index is 1.64. The van der Waals surface area contributed by atoms with Crippen molar-refractivity contribution in [2.45, 2.75) is 13.0 Å². The number of imidazole rings is 1. The molecule has 1 fully saturated rings. The summed E-state index contributed by atoms with van der Waals surface area (Å²) < 4.78 is 9.41. The molecule has 0 radical (unpaired) electrons. The average Bonchev–Trinajstić information content (AvgIpc) is 3.52. The van der Waals surface area contributed by atoms with Gasteiger partial charge < -0.3 is 14.6 Å². The van der Waals surface area contributed by atoms with E-state index in [1.165, 1.54) is 0 Å². The third-order valence-corrected chi connectivity index (χ3v) is 5.76. The van der Waals surface area contributed by atoms with Crippen molar-refractivity contribution >= 4 is 28.0 Å². The van der Waals surface area contributed by atoms with Crippen LogP contribution in [0.2, 0.25) is 0 Å². The van der Waals surface area contributed by atoms with Crippen molar-refractivity contribution in [2.75, 3.05) is 24.7 Å². The molecule has 1 aliphatic rings. The maximum atomic E-state index is 5.65. The highest BCUT2D eigenvalue weighted by atomic mass is 16.5. The minimum absolute atomic E-state index is 0.186. The summed E-state index contributed by atoms with van der Waals surface area (Å²) in [5, 5.41) is 5.28. The van der Waals surface area contributed by atoms with E-state index in [1.54, 1.807) is 23.4 Å². The zero-order valence-corrected chi connectivity index (χ0v) is 17.2. The molecule has 0 amide bonds. The Morgan fingerprint density at radius 3 is 2.90 bits per heavy atom. The summed E-state index contributed by atoms with van der Waals surface area (Å²) in [6, 6.07) is 6.08. The van der Waals surface area contributed by atoms with Crippen LogP contribution in [0.25, 0.3) is 39.4 Å². The van der Waals surface area contributed by atoms with Crippen LogP contribution in [-0.4, -0.2) is 65.1 Å². The molecule has 31 heavy (non-hydrogen) atoms. The summed E-state index contributed by atoms with van der Waals surface area (Å²) in [5.74, 6) is 2.34. The smallest absolute Gasteiger partial charge is 0.171 e. The molecule has 1 N–H and O–H groups in total. The fourth-order valence-corrected chi connectivity index (χ4v) is 4.17. The molecule has 10 heteroatoms. The predicted octanol–water partition coefficient (Wildman–Crippen LogP) is 2.32. The lowest BCUT2D eigenvalue weighted by Crippen LogP contribution is -2.44. The van der Waals surface area contributed by atoms with Gasteiger partial charge in [0.1, 0.15) is 17.8 Å².